The number of nitrogens with zero attached hydrogens (tertiary/aromatic N) is 1. The van der Waals surface area contributed by atoms with Crippen molar-refractivity contribution in [1.82, 2.24) is 0 Å². The summed E-state index contributed by atoms with van der Waals surface area (Å²) in [7, 11) is 0. The van der Waals surface area contributed by atoms with Gasteiger partial charge in [0.2, 0.25) is 0 Å². The van der Waals surface area contributed by atoms with E-state index < -0.39 is 0 Å². The summed E-state index contributed by atoms with van der Waals surface area (Å²) in [5.74, 6) is 0. The first-order valence-electron chi connectivity index (χ1n) is 6.28. The molecule has 1 N–H and O–H groups in total. The Morgan fingerprint density at radius 3 is 2.28 bits per heavy atom. The molecule has 0 bridgehead atoms. The van der Waals surface area contributed by atoms with Gasteiger partial charge in [0.05, 0.1) is 6.61 Å². The number of benzene rings is 2. The third-order valence-corrected chi connectivity index (χ3v) is 3.06. The maximum atomic E-state index is 9.06. The molecule has 0 atom stereocenters. The van der Waals surface area contributed by atoms with Gasteiger partial charge in [0.25, 0.3) is 0 Å². The summed E-state index contributed by atoms with van der Waals surface area (Å²) in [5.41, 5.74) is 4.56. The van der Waals surface area contributed by atoms with Gasteiger partial charge in [-0.15, -0.1) is 0 Å². The van der Waals surface area contributed by atoms with Crippen LogP contribution in [0, 0.1) is 6.92 Å². The van der Waals surface area contributed by atoms with E-state index in [-0.39, 0.29) is 6.61 Å². The van der Waals surface area contributed by atoms with Gasteiger partial charge in [-0.25, -0.2) is 0 Å². The lowest BCUT2D eigenvalue weighted by Gasteiger charge is -2.23. The van der Waals surface area contributed by atoms with Crippen LogP contribution in [0.1, 0.15) is 18.1 Å². The topological polar surface area (TPSA) is 23.5 Å². The van der Waals surface area contributed by atoms with Crippen LogP contribution in [0.3, 0.4) is 0 Å². The molecule has 2 heteroatoms. The Balaban J connectivity index is 2.32. The van der Waals surface area contributed by atoms with Gasteiger partial charge < -0.3 is 10.0 Å². The standard InChI is InChI=1S/C16H19NO/c1-3-17(16-6-4-5-13(2)11-16)15-9-7-14(12-18)8-10-15/h4-11,18H,3,12H2,1-2H3. The molecule has 2 aromatic rings. The lowest BCUT2D eigenvalue weighted by atomic mass is 10.1. The van der Waals surface area contributed by atoms with Gasteiger partial charge in [0.15, 0.2) is 0 Å². The van der Waals surface area contributed by atoms with Crippen molar-refractivity contribution in [2.75, 3.05) is 11.4 Å². The van der Waals surface area contributed by atoms with E-state index in [0.29, 0.717) is 0 Å². The van der Waals surface area contributed by atoms with Gasteiger partial charge in [-0.1, -0.05) is 24.3 Å². The Labute approximate surface area is 109 Å². The lowest BCUT2D eigenvalue weighted by molar-refractivity contribution is 0.282. The Hall–Kier alpha value is -1.80. The zero-order chi connectivity index (χ0) is 13.0. The van der Waals surface area contributed by atoms with Gasteiger partial charge in [-0.2, -0.15) is 0 Å². The van der Waals surface area contributed by atoms with Crippen molar-refractivity contribution in [2.24, 2.45) is 0 Å². The molecule has 0 aliphatic rings. The number of aliphatic hydroxyl groups is 1. The lowest BCUT2D eigenvalue weighted by Crippen LogP contribution is -2.15. The predicted octanol–water partition coefficient (Wildman–Crippen LogP) is 3.65. The van der Waals surface area contributed by atoms with Crippen LogP contribution in [0.25, 0.3) is 0 Å². The van der Waals surface area contributed by atoms with E-state index in [1.807, 2.05) is 12.1 Å². The molecule has 0 amide bonds. The largest absolute Gasteiger partial charge is 0.392 e. The molecule has 0 saturated heterocycles. The Kier molecular flexibility index (Phi) is 4.00. The van der Waals surface area contributed by atoms with Crippen LogP contribution < -0.4 is 4.90 Å². The maximum absolute atomic E-state index is 9.06. The number of aliphatic hydroxyl groups excluding tert-OH is 1. The summed E-state index contributed by atoms with van der Waals surface area (Å²) in [5, 5.41) is 9.06. The minimum Gasteiger partial charge on any atom is -0.392 e. The van der Waals surface area contributed by atoms with Crippen molar-refractivity contribution in [3.8, 4) is 0 Å². The number of anilines is 2. The summed E-state index contributed by atoms with van der Waals surface area (Å²) >= 11 is 0. The molecule has 0 fully saturated rings. The number of rotatable bonds is 4. The SMILES string of the molecule is CCN(c1ccc(CO)cc1)c1cccc(C)c1. The van der Waals surface area contributed by atoms with Crippen molar-refractivity contribution < 1.29 is 5.11 Å². The van der Waals surface area contributed by atoms with Gasteiger partial charge in [-0.05, 0) is 49.2 Å². The minimum absolute atomic E-state index is 0.0941. The predicted molar refractivity (Wildman–Crippen MR) is 76.2 cm³/mol. The highest BCUT2D eigenvalue weighted by molar-refractivity contribution is 5.63. The Morgan fingerprint density at radius 1 is 1.00 bits per heavy atom. The molecule has 0 unspecified atom stereocenters. The number of hydrogen-bond donors (Lipinski definition) is 1. The number of hydrogen-bond acceptors (Lipinski definition) is 2. The molecule has 0 radical (unpaired) electrons. The monoisotopic (exact) mass is 241 g/mol. The molecule has 94 valence electrons. The Morgan fingerprint density at radius 2 is 1.72 bits per heavy atom. The molecule has 0 saturated carbocycles. The van der Waals surface area contributed by atoms with Gasteiger partial charge in [0.1, 0.15) is 0 Å². The molecule has 2 nitrogen and oxygen atoms in total. The van der Waals surface area contributed by atoms with Crippen LogP contribution >= 0.6 is 0 Å². The van der Waals surface area contributed by atoms with Crippen molar-refractivity contribution in [3.05, 3.63) is 59.7 Å². The maximum Gasteiger partial charge on any atom is 0.0681 e. The molecule has 2 aromatic carbocycles. The normalized spacial score (nSPS) is 10.4. The van der Waals surface area contributed by atoms with E-state index in [4.69, 9.17) is 5.11 Å². The van der Waals surface area contributed by atoms with E-state index in [1.54, 1.807) is 0 Å². The van der Waals surface area contributed by atoms with Crippen LogP contribution in [0.15, 0.2) is 48.5 Å². The van der Waals surface area contributed by atoms with E-state index in [1.165, 1.54) is 11.3 Å². The summed E-state index contributed by atoms with van der Waals surface area (Å²) in [4.78, 5) is 2.26. The quantitative estimate of drug-likeness (QED) is 0.883. The first-order valence-corrected chi connectivity index (χ1v) is 6.28. The molecule has 0 heterocycles. The van der Waals surface area contributed by atoms with E-state index in [2.05, 4.69) is 55.1 Å². The van der Waals surface area contributed by atoms with E-state index in [9.17, 15) is 0 Å². The zero-order valence-electron chi connectivity index (χ0n) is 10.9. The van der Waals surface area contributed by atoms with Gasteiger partial charge >= 0.3 is 0 Å². The fourth-order valence-corrected chi connectivity index (χ4v) is 2.09. The zero-order valence-corrected chi connectivity index (χ0v) is 10.9. The van der Waals surface area contributed by atoms with E-state index in [0.717, 1.165) is 17.8 Å². The summed E-state index contributed by atoms with van der Waals surface area (Å²) in [6.07, 6.45) is 0. The van der Waals surface area contributed by atoms with Crippen molar-refractivity contribution >= 4 is 11.4 Å². The van der Waals surface area contributed by atoms with Gasteiger partial charge in [0, 0.05) is 17.9 Å². The minimum atomic E-state index is 0.0941. The van der Waals surface area contributed by atoms with Crippen molar-refractivity contribution in [1.29, 1.82) is 0 Å². The highest BCUT2D eigenvalue weighted by Gasteiger charge is 2.06. The second-order valence-electron chi connectivity index (χ2n) is 4.41. The molecule has 2 rings (SSSR count). The van der Waals surface area contributed by atoms with Crippen molar-refractivity contribution in [3.63, 3.8) is 0 Å². The average molecular weight is 241 g/mol. The first-order chi connectivity index (χ1) is 8.74. The van der Waals surface area contributed by atoms with E-state index >= 15 is 0 Å². The molecular weight excluding hydrogens is 222 g/mol. The van der Waals surface area contributed by atoms with Crippen LogP contribution in [0.2, 0.25) is 0 Å². The highest BCUT2D eigenvalue weighted by Crippen LogP contribution is 2.25. The fourth-order valence-electron chi connectivity index (χ4n) is 2.09. The second kappa shape index (κ2) is 5.69. The summed E-state index contributed by atoms with van der Waals surface area (Å²) in [6.45, 7) is 5.26. The second-order valence-corrected chi connectivity index (χ2v) is 4.41. The van der Waals surface area contributed by atoms with Crippen molar-refractivity contribution in [2.45, 2.75) is 20.5 Å². The molecule has 0 aliphatic carbocycles. The first kappa shape index (κ1) is 12.7. The number of aryl methyl sites for hydroxylation is 1. The van der Waals surface area contributed by atoms with Crippen LogP contribution in [-0.2, 0) is 6.61 Å². The molecule has 0 aromatic heterocycles. The van der Waals surface area contributed by atoms with Gasteiger partial charge in [-0.3, -0.25) is 0 Å². The van der Waals surface area contributed by atoms with Crippen LogP contribution in [0.4, 0.5) is 11.4 Å². The fraction of sp³-hybridized carbons (Fsp3) is 0.250. The summed E-state index contributed by atoms with van der Waals surface area (Å²) < 4.78 is 0. The summed E-state index contributed by atoms with van der Waals surface area (Å²) in [6, 6.07) is 16.5. The molecule has 18 heavy (non-hydrogen) atoms. The smallest absolute Gasteiger partial charge is 0.0681 e. The third kappa shape index (κ3) is 2.71. The Bertz CT molecular complexity index is 505. The third-order valence-electron chi connectivity index (χ3n) is 3.06. The molecular formula is C16H19NO. The van der Waals surface area contributed by atoms with Crippen LogP contribution in [-0.4, -0.2) is 11.7 Å². The highest BCUT2D eigenvalue weighted by atomic mass is 16.3. The molecule has 0 aliphatic heterocycles. The average Bonchev–Trinajstić information content (AvgIpc) is 2.40. The molecule has 0 spiro atoms. The van der Waals surface area contributed by atoms with Crippen LogP contribution in [0.5, 0.6) is 0 Å².